The minimum Gasteiger partial charge on any atom is -0.378 e. The number of hydrogen-bond acceptors (Lipinski definition) is 3. The van der Waals surface area contributed by atoms with Gasteiger partial charge in [-0.25, -0.2) is 0 Å². The van der Waals surface area contributed by atoms with Crippen LogP contribution in [-0.4, -0.2) is 48.0 Å². The van der Waals surface area contributed by atoms with Crippen LogP contribution in [0.3, 0.4) is 0 Å². The summed E-state index contributed by atoms with van der Waals surface area (Å²) in [4.78, 5) is 30.5. The standard InChI is InChI=1S/C26H25N3O3/c1-15-3-4-17(11-16(15)2)19-13-21-20-12-18(26(31)29-7-9-32-10-8-29)5-6-23(20)28-24(21)22(14-19)25(27)30/h3-6,11-14,28H,7-10H2,1-2H3,(H2,27,30). The van der Waals surface area contributed by atoms with E-state index in [0.29, 0.717) is 42.9 Å². The number of carbonyl (C=O) groups excluding carboxylic acids is 2. The molecule has 0 radical (unpaired) electrons. The van der Waals surface area contributed by atoms with Crippen LogP contribution in [0.4, 0.5) is 0 Å². The van der Waals surface area contributed by atoms with Gasteiger partial charge in [0.25, 0.3) is 11.8 Å². The first-order valence-corrected chi connectivity index (χ1v) is 10.8. The van der Waals surface area contributed by atoms with Crippen LogP contribution in [0.2, 0.25) is 0 Å². The van der Waals surface area contributed by atoms with Crippen molar-refractivity contribution in [2.75, 3.05) is 26.3 Å². The maximum Gasteiger partial charge on any atom is 0.254 e. The number of rotatable bonds is 3. The molecule has 32 heavy (non-hydrogen) atoms. The van der Waals surface area contributed by atoms with Gasteiger partial charge in [0.05, 0.1) is 24.3 Å². The fourth-order valence-corrected chi connectivity index (χ4v) is 4.36. The van der Waals surface area contributed by atoms with E-state index in [1.54, 1.807) is 0 Å². The molecule has 0 bridgehead atoms. The third-order valence-electron chi connectivity index (χ3n) is 6.36. The lowest BCUT2D eigenvalue weighted by Crippen LogP contribution is -2.40. The largest absolute Gasteiger partial charge is 0.378 e. The normalized spacial score (nSPS) is 14.2. The Morgan fingerprint density at radius 1 is 0.906 bits per heavy atom. The Balaban J connectivity index is 1.69. The summed E-state index contributed by atoms with van der Waals surface area (Å²) in [5.41, 5.74) is 12.7. The predicted molar refractivity (Wildman–Crippen MR) is 126 cm³/mol. The highest BCUT2D eigenvalue weighted by Gasteiger charge is 2.20. The SMILES string of the molecule is Cc1ccc(-c2cc(C(N)=O)c3[nH]c4ccc(C(=O)N5CCOCC5)cc4c3c2)cc1C. The second-order valence-corrected chi connectivity index (χ2v) is 8.40. The molecule has 2 heterocycles. The predicted octanol–water partition coefficient (Wildman–Crippen LogP) is 4.18. The van der Waals surface area contributed by atoms with Gasteiger partial charge in [-0.3, -0.25) is 9.59 Å². The number of aromatic nitrogens is 1. The lowest BCUT2D eigenvalue weighted by atomic mass is 9.96. The zero-order chi connectivity index (χ0) is 22.4. The minimum absolute atomic E-state index is 0.00927. The number of aryl methyl sites for hydroxylation is 2. The van der Waals surface area contributed by atoms with E-state index in [1.165, 1.54) is 11.1 Å². The molecule has 0 atom stereocenters. The summed E-state index contributed by atoms with van der Waals surface area (Å²) in [5.74, 6) is -0.498. The van der Waals surface area contributed by atoms with Gasteiger partial charge in [-0.2, -0.15) is 0 Å². The summed E-state index contributed by atoms with van der Waals surface area (Å²) in [6.45, 7) is 6.44. The Kier molecular flexibility index (Phi) is 4.94. The molecule has 3 aromatic carbocycles. The molecule has 1 saturated heterocycles. The van der Waals surface area contributed by atoms with Crippen molar-refractivity contribution in [2.45, 2.75) is 13.8 Å². The molecular formula is C26H25N3O3. The van der Waals surface area contributed by atoms with Crippen LogP contribution in [-0.2, 0) is 4.74 Å². The maximum absolute atomic E-state index is 13.0. The van der Waals surface area contributed by atoms with Gasteiger partial charge in [0.15, 0.2) is 0 Å². The summed E-state index contributed by atoms with van der Waals surface area (Å²) in [6.07, 6.45) is 0. The first kappa shape index (κ1) is 20.3. The Morgan fingerprint density at radius 2 is 1.69 bits per heavy atom. The van der Waals surface area contributed by atoms with Crippen LogP contribution in [0.25, 0.3) is 32.9 Å². The molecule has 1 aromatic heterocycles. The number of nitrogens with two attached hydrogens (primary N) is 1. The highest BCUT2D eigenvalue weighted by Crippen LogP contribution is 2.34. The Bertz CT molecular complexity index is 1380. The molecule has 1 fully saturated rings. The first-order valence-electron chi connectivity index (χ1n) is 10.8. The molecule has 162 valence electrons. The van der Waals surface area contributed by atoms with E-state index >= 15 is 0 Å². The van der Waals surface area contributed by atoms with Crippen molar-refractivity contribution in [2.24, 2.45) is 5.73 Å². The number of nitrogens with zero attached hydrogens (tertiary/aromatic N) is 1. The number of ether oxygens (including phenoxy) is 1. The van der Waals surface area contributed by atoms with Crippen molar-refractivity contribution in [1.82, 2.24) is 9.88 Å². The summed E-state index contributed by atoms with van der Waals surface area (Å²) in [6, 6.07) is 15.8. The van der Waals surface area contributed by atoms with Gasteiger partial charge >= 0.3 is 0 Å². The van der Waals surface area contributed by atoms with E-state index in [2.05, 4.69) is 43.1 Å². The highest BCUT2D eigenvalue weighted by molar-refractivity contribution is 6.17. The van der Waals surface area contributed by atoms with E-state index in [1.807, 2.05) is 29.2 Å². The van der Waals surface area contributed by atoms with Gasteiger partial charge < -0.3 is 20.4 Å². The fourth-order valence-electron chi connectivity index (χ4n) is 4.36. The number of nitrogens with one attached hydrogen (secondary N) is 1. The van der Waals surface area contributed by atoms with E-state index in [0.717, 1.165) is 27.4 Å². The van der Waals surface area contributed by atoms with Crippen LogP contribution in [0, 0.1) is 13.8 Å². The average Bonchev–Trinajstić information content (AvgIpc) is 3.18. The molecule has 0 saturated carbocycles. The van der Waals surface area contributed by atoms with Gasteiger partial charge in [0.1, 0.15) is 0 Å². The van der Waals surface area contributed by atoms with E-state index in [4.69, 9.17) is 10.5 Å². The number of fused-ring (bicyclic) bond motifs is 3. The third-order valence-corrected chi connectivity index (χ3v) is 6.36. The van der Waals surface area contributed by atoms with Crippen LogP contribution in [0.5, 0.6) is 0 Å². The van der Waals surface area contributed by atoms with Crippen molar-refractivity contribution in [3.05, 3.63) is 70.8 Å². The van der Waals surface area contributed by atoms with Crippen molar-refractivity contribution < 1.29 is 14.3 Å². The molecule has 0 unspecified atom stereocenters. The molecule has 4 aromatic rings. The van der Waals surface area contributed by atoms with Crippen LogP contribution < -0.4 is 5.73 Å². The van der Waals surface area contributed by atoms with Gasteiger partial charge in [-0.1, -0.05) is 18.2 Å². The summed E-state index contributed by atoms with van der Waals surface area (Å²) in [5, 5.41) is 1.77. The minimum atomic E-state index is -0.489. The number of carbonyl (C=O) groups is 2. The second kappa shape index (κ2) is 7.80. The van der Waals surface area contributed by atoms with E-state index in [9.17, 15) is 9.59 Å². The molecule has 5 rings (SSSR count). The van der Waals surface area contributed by atoms with E-state index in [-0.39, 0.29) is 5.91 Å². The number of primary amides is 1. The maximum atomic E-state index is 13.0. The van der Waals surface area contributed by atoms with Crippen molar-refractivity contribution in [1.29, 1.82) is 0 Å². The van der Waals surface area contributed by atoms with Crippen LogP contribution >= 0.6 is 0 Å². The fraction of sp³-hybridized carbons (Fsp3) is 0.231. The average molecular weight is 428 g/mol. The van der Waals surface area contributed by atoms with Gasteiger partial charge in [0, 0.05) is 34.9 Å². The van der Waals surface area contributed by atoms with E-state index < -0.39 is 5.91 Å². The molecule has 0 aliphatic carbocycles. The van der Waals surface area contributed by atoms with Gasteiger partial charge in [-0.15, -0.1) is 0 Å². The topological polar surface area (TPSA) is 88.4 Å². The number of hydrogen-bond donors (Lipinski definition) is 2. The number of H-pyrrole nitrogens is 1. The lowest BCUT2D eigenvalue weighted by molar-refractivity contribution is 0.0303. The third kappa shape index (κ3) is 3.42. The molecule has 6 heteroatoms. The van der Waals surface area contributed by atoms with Crippen LogP contribution in [0.15, 0.2) is 48.5 Å². The Morgan fingerprint density at radius 3 is 2.41 bits per heavy atom. The molecule has 6 nitrogen and oxygen atoms in total. The number of morpholine rings is 1. The molecule has 3 N–H and O–H groups in total. The summed E-state index contributed by atoms with van der Waals surface area (Å²) in [7, 11) is 0. The Labute approximate surface area is 186 Å². The summed E-state index contributed by atoms with van der Waals surface area (Å²) < 4.78 is 5.37. The molecule has 0 spiro atoms. The van der Waals surface area contributed by atoms with Gasteiger partial charge in [-0.05, 0) is 66.4 Å². The quantitative estimate of drug-likeness (QED) is 0.514. The highest BCUT2D eigenvalue weighted by atomic mass is 16.5. The molecule has 1 aliphatic rings. The zero-order valence-corrected chi connectivity index (χ0v) is 18.2. The zero-order valence-electron chi connectivity index (χ0n) is 18.2. The van der Waals surface area contributed by atoms with Crippen molar-refractivity contribution in [3.63, 3.8) is 0 Å². The first-order chi connectivity index (χ1) is 15.4. The Hall–Kier alpha value is -3.64. The van der Waals surface area contributed by atoms with Crippen molar-refractivity contribution in [3.8, 4) is 11.1 Å². The smallest absolute Gasteiger partial charge is 0.254 e. The van der Waals surface area contributed by atoms with Crippen LogP contribution in [0.1, 0.15) is 31.8 Å². The monoisotopic (exact) mass is 427 g/mol. The number of amides is 2. The summed E-state index contributed by atoms with van der Waals surface area (Å²) >= 11 is 0. The molecule has 2 amide bonds. The lowest BCUT2D eigenvalue weighted by Gasteiger charge is -2.26. The number of benzene rings is 3. The number of aromatic amines is 1. The van der Waals surface area contributed by atoms with Crippen molar-refractivity contribution >= 4 is 33.6 Å². The molecule has 1 aliphatic heterocycles. The van der Waals surface area contributed by atoms with Gasteiger partial charge in [0.2, 0.25) is 0 Å². The second-order valence-electron chi connectivity index (χ2n) is 8.40. The molecular weight excluding hydrogens is 402 g/mol.